The van der Waals surface area contributed by atoms with Gasteiger partial charge in [0.05, 0.1) is 23.8 Å². The lowest BCUT2D eigenvalue weighted by Gasteiger charge is -2.16. The highest BCUT2D eigenvalue weighted by Gasteiger charge is 2.22. The van der Waals surface area contributed by atoms with Crippen LogP contribution >= 0.6 is 0 Å². The number of aromatic nitrogens is 2. The Labute approximate surface area is 128 Å². The van der Waals surface area contributed by atoms with E-state index in [0.29, 0.717) is 23.4 Å². The van der Waals surface area contributed by atoms with Crippen LogP contribution in [0.4, 0.5) is 4.39 Å². The molecule has 0 aliphatic carbocycles. The van der Waals surface area contributed by atoms with Gasteiger partial charge in [-0.15, -0.1) is 0 Å². The van der Waals surface area contributed by atoms with Crippen LogP contribution in [-0.4, -0.2) is 47.8 Å². The van der Waals surface area contributed by atoms with Crippen molar-refractivity contribution in [2.24, 2.45) is 5.92 Å². The summed E-state index contributed by atoms with van der Waals surface area (Å²) in [5.41, 5.74) is 0.315. The SMILES string of the molecule is COCCN1CC[C@H](Cn2cnc3cc(F)ccc3c2=O)C1. The lowest BCUT2D eigenvalue weighted by Crippen LogP contribution is -2.28. The van der Waals surface area contributed by atoms with E-state index in [1.165, 1.54) is 24.5 Å². The van der Waals surface area contributed by atoms with Crippen molar-refractivity contribution in [2.45, 2.75) is 13.0 Å². The zero-order valence-corrected chi connectivity index (χ0v) is 12.7. The highest BCUT2D eigenvalue weighted by atomic mass is 19.1. The summed E-state index contributed by atoms with van der Waals surface area (Å²) in [5.74, 6) is 0.0657. The molecule has 0 amide bonds. The van der Waals surface area contributed by atoms with Crippen LogP contribution in [0.2, 0.25) is 0 Å². The maximum absolute atomic E-state index is 13.2. The van der Waals surface area contributed by atoms with Gasteiger partial charge in [0.1, 0.15) is 5.82 Å². The topological polar surface area (TPSA) is 47.4 Å². The van der Waals surface area contributed by atoms with Crippen LogP contribution in [0.15, 0.2) is 29.3 Å². The number of fused-ring (bicyclic) bond motifs is 1. The van der Waals surface area contributed by atoms with Gasteiger partial charge in [-0.3, -0.25) is 9.36 Å². The van der Waals surface area contributed by atoms with Gasteiger partial charge in [0.15, 0.2) is 0 Å². The second-order valence-electron chi connectivity index (χ2n) is 5.81. The van der Waals surface area contributed by atoms with Crippen molar-refractivity contribution in [3.63, 3.8) is 0 Å². The normalized spacial score (nSPS) is 19.1. The van der Waals surface area contributed by atoms with E-state index in [4.69, 9.17) is 4.74 Å². The Morgan fingerprint density at radius 1 is 1.45 bits per heavy atom. The Balaban J connectivity index is 1.73. The number of benzene rings is 1. The predicted molar refractivity (Wildman–Crippen MR) is 82.4 cm³/mol. The Morgan fingerprint density at radius 2 is 2.32 bits per heavy atom. The van der Waals surface area contributed by atoms with Gasteiger partial charge in [-0.25, -0.2) is 9.37 Å². The summed E-state index contributed by atoms with van der Waals surface area (Å²) in [5, 5.41) is 0.470. The molecule has 0 unspecified atom stereocenters. The molecule has 1 fully saturated rings. The summed E-state index contributed by atoms with van der Waals surface area (Å²) < 4.78 is 19.9. The molecule has 5 nitrogen and oxygen atoms in total. The molecule has 3 rings (SSSR count). The smallest absolute Gasteiger partial charge is 0.261 e. The third kappa shape index (κ3) is 3.18. The van der Waals surface area contributed by atoms with E-state index < -0.39 is 0 Å². The molecule has 1 aromatic heterocycles. The second-order valence-corrected chi connectivity index (χ2v) is 5.81. The van der Waals surface area contributed by atoms with E-state index in [9.17, 15) is 9.18 Å². The molecule has 1 aliphatic heterocycles. The fraction of sp³-hybridized carbons (Fsp3) is 0.500. The van der Waals surface area contributed by atoms with Gasteiger partial charge in [0.25, 0.3) is 5.56 Å². The van der Waals surface area contributed by atoms with E-state index >= 15 is 0 Å². The number of likely N-dealkylation sites (tertiary alicyclic amines) is 1. The number of halogens is 1. The summed E-state index contributed by atoms with van der Waals surface area (Å²) in [6.45, 7) is 4.32. The van der Waals surface area contributed by atoms with Crippen LogP contribution in [-0.2, 0) is 11.3 Å². The van der Waals surface area contributed by atoms with Gasteiger partial charge >= 0.3 is 0 Å². The first-order valence-electron chi connectivity index (χ1n) is 7.53. The van der Waals surface area contributed by atoms with Crippen molar-refractivity contribution < 1.29 is 9.13 Å². The van der Waals surface area contributed by atoms with Crippen molar-refractivity contribution in [3.8, 4) is 0 Å². The van der Waals surface area contributed by atoms with Gasteiger partial charge < -0.3 is 9.64 Å². The van der Waals surface area contributed by atoms with Crippen LogP contribution in [0, 0.1) is 11.7 Å². The van der Waals surface area contributed by atoms with E-state index in [1.807, 2.05) is 0 Å². The van der Waals surface area contributed by atoms with Crippen molar-refractivity contribution in [1.29, 1.82) is 0 Å². The number of methoxy groups -OCH3 is 1. The molecule has 0 N–H and O–H groups in total. The first-order valence-corrected chi connectivity index (χ1v) is 7.53. The number of rotatable bonds is 5. The number of hydrogen-bond donors (Lipinski definition) is 0. The molecule has 22 heavy (non-hydrogen) atoms. The van der Waals surface area contributed by atoms with Crippen LogP contribution in [0.3, 0.4) is 0 Å². The fourth-order valence-electron chi connectivity index (χ4n) is 3.03. The molecule has 6 heteroatoms. The molecule has 0 spiro atoms. The number of ether oxygens (including phenoxy) is 1. The van der Waals surface area contributed by atoms with E-state index in [0.717, 1.165) is 32.7 Å². The highest BCUT2D eigenvalue weighted by Crippen LogP contribution is 2.17. The summed E-state index contributed by atoms with van der Waals surface area (Å²) in [6.07, 6.45) is 2.60. The van der Waals surface area contributed by atoms with Gasteiger partial charge in [0.2, 0.25) is 0 Å². The molecule has 1 aromatic carbocycles. The Hall–Kier alpha value is -1.79. The summed E-state index contributed by atoms with van der Waals surface area (Å²) in [4.78, 5) is 19.0. The minimum Gasteiger partial charge on any atom is -0.383 e. The van der Waals surface area contributed by atoms with Crippen molar-refractivity contribution in [2.75, 3.05) is 33.4 Å². The minimum atomic E-state index is -0.373. The summed E-state index contributed by atoms with van der Waals surface area (Å²) in [7, 11) is 1.71. The molecule has 2 aromatic rings. The van der Waals surface area contributed by atoms with Crippen LogP contribution in [0.25, 0.3) is 10.9 Å². The molecule has 0 radical (unpaired) electrons. The van der Waals surface area contributed by atoms with Crippen LogP contribution in [0.5, 0.6) is 0 Å². The van der Waals surface area contributed by atoms with Gasteiger partial charge in [0, 0.05) is 32.8 Å². The monoisotopic (exact) mass is 305 g/mol. The van der Waals surface area contributed by atoms with Crippen molar-refractivity contribution >= 4 is 10.9 Å². The second kappa shape index (κ2) is 6.54. The molecule has 1 saturated heterocycles. The Morgan fingerprint density at radius 3 is 3.14 bits per heavy atom. The molecule has 118 valence electrons. The molecule has 2 heterocycles. The lowest BCUT2D eigenvalue weighted by atomic mass is 10.1. The molecule has 1 atom stereocenters. The van der Waals surface area contributed by atoms with Gasteiger partial charge in [-0.1, -0.05) is 0 Å². The minimum absolute atomic E-state index is 0.0969. The quantitative estimate of drug-likeness (QED) is 0.840. The zero-order chi connectivity index (χ0) is 15.5. The van der Waals surface area contributed by atoms with Crippen LogP contribution in [0.1, 0.15) is 6.42 Å². The third-order valence-electron chi connectivity index (χ3n) is 4.22. The average molecular weight is 305 g/mol. The molecular formula is C16H20FN3O2. The van der Waals surface area contributed by atoms with Crippen molar-refractivity contribution in [1.82, 2.24) is 14.5 Å². The first-order chi connectivity index (χ1) is 10.7. The first kappa shape index (κ1) is 15.1. The summed E-state index contributed by atoms with van der Waals surface area (Å²) >= 11 is 0. The lowest BCUT2D eigenvalue weighted by molar-refractivity contribution is 0.158. The van der Waals surface area contributed by atoms with Gasteiger partial charge in [-0.2, -0.15) is 0 Å². The van der Waals surface area contributed by atoms with E-state index in [2.05, 4.69) is 9.88 Å². The average Bonchev–Trinajstić information content (AvgIpc) is 2.95. The number of nitrogens with zero attached hydrogens (tertiary/aromatic N) is 3. The highest BCUT2D eigenvalue weighted by molar-refractivity contribution is 5.77. The Bertz CT molecular complexity index is 716. The Kier molecular flexibility index (Phi) is 4.49. The van der Waals surface area contributed by atoms with Crippen LogP contribution < -0.4 is 5.56 Å². The maximum atomic E-state index is 13.2. The van der Waals surface area contributed by atoms with Crippen molar-refractivity contribution in [3.05, 3.63) is 40.7 Å². The fourth-order valence-corrected chi connectivity index (χ4v) is 3.03. The third-order valence-corrected chi connectivity index (χ3v) is 4.22. The molecule has 0 saturated carbocycles. The molecular weight excluding hydrogens is 285 g/mol. The van der Waals surface area contributed by atoms with Gasteiger partial charge in [-0.05, 0) is 31.0 Å². The molecule has 0 bridgehead atoms. The maximum Gasteiger partial charge on any atom is 0.261 e. The predicted octanol–water partition coefficient (Wildman–Crippen LogP) is 1.50. The molecule has 1 aliphatic rings. The summed E-state index contributed by atoms with van der Waals surface area (Å²) in [6, 6.07) is 4.11. The van der Waals surface area contributed by atoms with E-state index in [-0.39, 0.29) is 11.4 Å². The largest absolute Gasteiger partial charge is 0.383 e. The standard InChI is InChI=1S/C16H20FN3O2/c1-22-7-6-19-5-4-12(9-19)10-20-11-18-15-8-13(17)2-3-14(15)16(20)21/h2-3,8,11-12H,4-7,9-10H2,1H3/t12-/m0/s1. The number of hydrogen-bond acceptors (Lipinski definition) is 4. The zero-order valence-electron chi connectivity index (χ0n) is 12.7. The van der Waals surface area contributed by atoms with E-state index in [1.54, 1.807) is 11.7 Å².